The van der Waals surface area contributed by atoms with Crippen LogP contribution in [0.15, 0.2) is 17.4 Å². The molecule has 0 atom stereocenters. The summed E-state index contributed by atoms with van der Waals surface area (Å²) in [5, 5.41) is 1.09. The van der Waals surface area contributed by atoms with Gasteiger partial charge in [0, 0.05) is 0 Å². The summed E-state index contributed by atoms with van der Waals surface area (Å²) in [6.07, 6.45) is 5.14. The molecule has 0 amide bonds. The highest BCUT2D eigenvalue weighted by Crippen LogP contribution is 2.08. The predicted octanol–water partition coefficient (Wildman–Crippen LogP) is 2.20. The second-order valence-corrected chi connectivity index (χ2v) is 3.22. The number of anilines is 1. The summed E-state index contributed by atoms with van der Waals surface area (Å²) < 4.78 is 0. The Morgan fingerprint density at radius 2 is 2.00 bits per heavy atom. The Kier molecular flexibility index (Phi) is 7.34. The van der Waals surface area contributed by atoms with Crippen LogP contribution in [0.25, 0.3) is 0 Å². The smallest absolute Gasteiger partial charge is 0.141 e. The van der Waals surface area contributed by atoms with Gasteiger partial charge in [0.25, 0.3) is 0 Å². The van der Waals surface area contributed by atoms with Gasteiger partial charge in [-0.05, 0) is 6.26 Å². The molecular formula is C6H9Cl2N3S. The molecule has 0 aliphatic rings. The van der Waals surface area contributed by atoms with E-state index in [4.69, 9.17) is 28.9 Å². The van der Waals surface area contributed by atoms with E-state index in [1.54, 1.807) is 24.2 Å². The molecule has 0 bridgehead atoms. The number of nitrogen functional groups attached to an aromatic ring is 1. The first-order valence-electron chi connectivity index (χ1n) is 2.98. The second kappa shape index (κ2) is 7.46. The molecule has 1 rings (SSSR count). The molecule has 0 spiro atoms. The molecule has 0 saturated heterocycles. The predicted molar refractivity (Wildman–Crippen MR) is 54.8 cm³/mol. The Morgan fingerprint density at radius 1 is 1.42 bits per heavy atom. The van der Waals surface area contributed by atoms with Crippen molar-refractivity contribution < 1.29 is 0 Å². The highest BCUT2D eigenvalue weighted by Gasteiger charge is 1.88. The van der Waals surface area contributed by atoms with Gasteiger partial charge in [0.05, 0.1) is 17.7 Å². The van der Waals surface area contributed by atoms with Crippen molar-refractivity contribution in [2.45, 2.75) is 5.03 Å². The van der Waals surface area contributed by atoms with Crippen molar-refractivity contribution >= 4 is 40.8 Å². The van der Waals surface area contributed by atoms with Gasteiger partial charge in [-0.2, -0.15) is 0 Å². The lowest BCUT2D eigenvalue weighted by Crippen LogP contribution is -1.90. The molecule has 0 fully saturated rings. The minimum atomic E-state index is 0.194. The van der Waals surface area contributed by atoms with Gasteiger partial charge in [0.15, 0.2) is 0 Å². The van der Waals surface area contributed by atoms with E-state index in [0.717, 1.165) is 5.03 Å². The molecule has 0 radical (unpaired) electrons. The summed E-state index contributed by atoms with van der Waals surface area (Å²) >= 11 is 11.1. The minimum Gasteiger partial charge on any atom is -0.382 e. The van der Waals surface area contributed by atoms with E-state index in [1.807, 2.05) is 6.26 Å². The van der Waals surface area contributed by atoms with E-state index >= 15 is 0 Å². The first-order chi connectivity index (χ1) is 5.74. The zero-order valence-corrected chi connectivity index (χ0v) is 8.83. The number of halogens is 2. The monoisotopic (exact) mass is 225 g/mol. The van der Waals surface area contributed by atoms with Crippen LogP contribution in [0.2, 0.25) is 0 Å². The van der Waals surface area contributed by atoms with Crippen LogP contribution in [-0.2, 0) is 0 Å². The van der Waals surface area contributed by atoms with Crippen molar-refractivity contribution in [1.29, 1.82) is 0 Å². The Balaban J connectivity index is 0.000000354. The fraction of sp³-hybridized carbons (Fsp3) is 0.333. The third kappa shape index (κ3) is 5.46. The molecule has 0 saturated carbocycles. The van der Waals surface area contributed by atoms with Crippen molar-refractivity contribution in [3.63, 3.8) is 0 Å². The van der Waals surface area contributed by atoms with Crippen LogP contribution in [0.5, 0.6) is 0 Å². The lowest BCUT2D eigenvalue weighted by atomic mass is 10.7. The van der Waals surface area contributed by atoms with Crippen LogP contribution in [0.4, 0.5) is 5.82 Å². The largest absolute Gasteiger partial charge is 0.382 e. The van der Waals surface area contributed by atoms with Crippen molar-refractivity contribution in [3.8, 4) is 0 Å². The summed E-state index contributed by atoms with van der Waals surface area (Å²) in [6.45, 7) is 0. The molecule has 0 aromatic carbocycles. The van der Waals surface area contributed by atoms with Gasteiger partial charge in [-0.3, -0.25) is 0 Å². The Hall–Kier alpha value is -0.190. The summed E-state index contributed by atoms with van der Waals surface area (Å²) in [5.74, 6) is 0.466. The first-order valence-corrected chi connectivity index (χ1v) is 5.27. The third-order valence-electron chi connectivity index (χ3n) is 0.857. The van der Waals surface area contributed by atoms with Gasteiger partial charge >= 0.3 is 0 Å². The minimum absolute atomic E-state index is 0.194. The SMILES string of the molecule is CSc1cnc(N)cn1.ClCCl. The number of thioether (sulfide) groups is 1. The van der Waals surface area contributed by atoms with Gasteiger partial charge in [0.2, 0.25) is 0 Å². The maximum absolute atomic E-state index is 5.30. The number of aromatic nitrogens is 2. The highest BCUT2D eigenvalue weighted by atomic mass is 35.5. The third-order valence-corrected chi connectivity index (χ3v) is 1.49. The molecule has 2 N–H and O–H groups in total. The standard InChI is InChI=1S/C5H7N3S.CH2Cl2/c1-9-5-3-7-4(6)2-8-5;2-1-3/h2-3H,1H3,(H2,6,7);1H2. The average molecular weight is 226 g/mol. The van der Waals surface area contributed by atoms with Gasteiger partial charge in [0.1, 0.15) is 10.8 Å². The zero-order valence-electron chi connectivity index (χ0n) is 6.50. The lowest BCUT2D eigenvalue weighted by molar-refractivity contribution is 1.07. The second-order valence-electron chi connectivity index (χ2n) is 1.58. The number of hydrogen-bond acceptors (Lipinski definition) is 4. The fourth-order valence-corrected chi connectivity index (χ4v) is 0.748. The molecule has 1 aromatic rings. The van der Waals surface area contributed by atoms with Gasteiger partial charge in [-0.15, -0.1) is 35.0 Å². The maximum atomic E-state index is 5.30. The molecule has 12 heavy (non-hydrogen) atoms. The lowest BCUT2D eigenvalue weighted by Gasteiger charge is -1.92. The summed E-state index contributed by atoms with van der Waals surface area (Å²) in [4.78, 5) is 7.82. The number of rotatable bonds is 1. The molecular weight excluding hydrogens is 217 g/mol. The van der Waals surface area contributed by atoms with Crippen molar-refractivity contribution in [2.75, 3.05) is 17.3 Å². The number of nitrogens with two attached hydrogens (primary N) is 1. The summed E-state index contributed by atoms with van der Waals surface area (Å²) in [7, 11) is 0. The molecule has 3 nitrogen and oxygen atoms in total. The van der Waals surface area contributed by atoms with Crippen LogP contribution < -0.4 is 5.73 Å². The molecule has 0 aliphatic heterocycles. The Labute approximate surface area is 85.7 Å². The average Bonchev–Trinajstić information content (AvgIpc) is 2.07. The summed E-state index contributed by atoms with van der Waals surface area (Å²) in [6, 6.07) is 0. The van der Waals surface area contributed by atoms with E-state index in [1.165, 1.54) is 0 Å². The van der Waals surface area contributed by atoms with Crippen molar-refractivity contribution in [3.05, 3.63) is 12.4 Å². The van der Waals surface area contributed by atoms with E-state index < -0.39 is 0 Å². The van der Waals surface area contributed by atoms with E-state index in [2.05, 4.69) is 9.97 Å². The van der Waals surface area contributed by atoms with Crippen molar-refractivity contribution in [2.24, 2.45) is 0 Å². The van der Waals surface area contributed by atoms with Crippen LogP contribution in [0.3, 0.4) is 0 Å². The molecule has 68 valence electrons. The fourth-order valence-electron chi connectivity index (χ4n) is 0.432. The van der Waals surface area contributed by atoms with Crippen LogP contribution in [0, 0.1) is 0 Å². The highest BCUT2D eigenvalue weighted by molar-refractivity contribution is 7.98. The maximum Gasteiger partial charge on any atom is 0.141 e. The molecule has 0 aliphatic carbocycles. The van der Waals surface area contributed by atoms with Crippen molar-refractivity contribution in [1.82, 2.24) is 9.97 Å². The Bertz CT molecular complexity index is 204. The van der Waals surface area contributed by atoms with E-state index in [-0.39, 0.29) is 5.34 Å². The van der Waals surface area contributed by atoms with Gasteiger partial charge in [-0.25, -0.2) is 9.97 Å². The van der Waals surface area contributed by atoms with E-state index in [9.17, 15) is 0 Å². The van der Waals surface area contributed by atoms with E-state index in [0.29, 0.717) is 5.82 Å². The van der Waals surface area contributed by atoms with Crippen LogP contribution in [0.1, 0.15) is 0 Å². The Morgan fingerprint density at radius 3 is 2.33 bits per heavy atom. The normalized spacial score (nSPS) is 8.58. The number of nitrogens with zero attached hydrogens (tertiary/aromatic N) is 2. The molecule has 1 heterocycles. The quantitative estimate of drug-likeness (QED) is 0.589. The first kappa shape index (κ1) is 11.8. The van der Waals surface area contributed by atoms with Gasteiger partial charge in [-0.1, -0.05) is 0 Å². The number of alkyl halides is 2. The van der Waals surface area contributed by atoms with Crippen LogP contribution in [-0.4, -0.2) is 21.6 Å². The zero-order chi connectivity index (χ0) is 9.40. The molecule has 6 heteroatoms. The van der Waals surface area contributed by atoms with Crippen LogP contribution >= 0.6 is 35.0 Å². The summed E-state index contributed by atoms with van der Waals surface area (Å²) in [5.41, 5.74) is 5.30. The topological polar surface area (TPSA) is 51.8 Å². The molecule has 1 aromatic heterocycles. The molecule has 0 unspecified atom stereocenters. The van der Waals surface area contributed by atoms with Gasteiger partial charge < -0.3 is 5.73 Å². The number of hydrogen-bond donors (Lipinski definition) is 1.